The van der Waals surface area contributed by atoms with Crippen LogP contribution in [0.4, 0.5) is 0 Å². The second kappa shape index (κ2) is 23.8. The molecule has 0 bridgehead atoms. The number of carboxylic acids is 4. The number of thioether (sulfide) groups is 1. The van der Waals surface area contributed by atoms with Crippen LogP contribution in [0, 0.1) is 17.8 Å². The van der Waals surface area contributed by atoms with E-state index in [1.54, 1.807) is 25.6 Å². The molecule has 5 atom stereocenters. The molecule has 0 spiro atoms. The third-order valence-electron chi connectivity index (χ3n) is 4.54. The second-order valence-electron chi connectivity index (χ2n) is 8.66. The summed E-state index contributed by atoms with van der Waals surface area (Å²) in [4.78, 5) is 40.4. The Bertz CT molecular complexity index is 594. The highest BCUT2D eigenvalue weighted by molar-refractivity contribution is 7.98. The van der Waals surface area contributed by atoms with Crippen molar-refractivity contribution in [2.75, 3.05) is 12.0 Å². The summed E-state index contributed by atoms with van der Waals surface area (Å²) < 4.78 is 0. The second-order valence-corrected chi connectivity index (χ2v) is 9.64. The van der Waals surface area contributed by atoms with Gasteiger partial charge in [0.2, 0.25) is 0 Å². The summed E-state index contributed by atoms with van der Waals surface area (Å²) in [5.41, 5.74) is 20.8. The predicted octanol–water partition coefficient (Wildman–Crippen LogP) is 1.09. The number of carbonyl (C=O) groups is 4. The molecule has 210 valence electrons. The molecule has 0 aromatic carbocycles. The summed E-state index contributed by atoms with van der Waals surface area (Å²) in [5.74, 6) is -2.41. The first kappa shape index (κ1) is 40.2. The normalized spacial score (nSPS) is 14.4. The minimum Gasteiger partial charge on any atom is -0.480 e. The summed E-state index contributed by atoms with van der Waals surface area (Å²) in [6, 6.07) is -2.78. The molecule has 0 heterocycles. The lowest BCUT2D eigenvalue weighted by atomic mass is 10.0. The molecule has 12 nitrogen and oxygen atoms in total. The van der Waals surface area contributed by atoms with E-state index in [9.17, 15) is 19.2 Å². The third kappa shape index (κ3) is 28.2. The number of aliphatic carboxylic acids is 4. The minimum absolute atomic E-state index is 0.0208. The van der Waals surface area contributed by atoms with E-state index in [4.69, 9.17) is 43.4 Å². The van der Waals surface area contributed by atoms with Gasteiger partial charge in [0.1, 0.15) is 24.2 Å². The summed E-state index contributed by atoms with van der Waals surface area (Å²) in [6.45, 7) is 11.2. The fraction of sp³-hybridized carbons (Fsp3) is 0.818. The van der Waals surface area contributed by atoms with Crippen LogP contribution in [0.5, 0.6) is 0 Å². The maximum Gasteiger partial charge on any atom is 0.320 e. The number of carboxylic acid groups (broad SMARTS) is 4. The standard InChI is InChI=1S/2C6H13NO2.C5H11NO2S.C5H11NO2/c1-4(2)3-5(7)6(8)9;1-3-4(2)5(7)6(8)9;1-9-3-2-4(6)5(7)8;1-3(2)4(6)5(7)8/h2*4-5H,3,7H2,1-2H3,(H,8,9);4H,2-3,6H2,1H3,(H,7,8);3-4H,6H2,1-2H3,(H,7,8). The lowest BCUT2D eigenvalue weighted by molar-refractivity contribution is -0.140. The van der Waals surface area contributed by atoms with E-state index in [0.717, 1.165) is 12.2 Å². The molecule has 0 amide bonds. The largest absolute Gasteiger partial charge is 0.480 e. The Morgan fingerprint density at radius 3 is 1.26 bits per heavy atom. The lowest BCUT2D eigenvalue weighted by Crippen LogP contribution is -2.36. The molecule has 0 aliphatic carbocycles. The Morgan fingerprint density at radius 1 is 0.714 bits per heavy atom. The SMILES string of the molecule is CC(C)C(N)C(=O)O.CC(C)CC(N)C(=O)O.CCC(C)C(N)C(=O)O.CSCCC(N)C(=O)O. The molecule has 0 saturated heterocycles. The molecule has 35 heavy (non-hydrogen) atoms. The van der Waals surface area contributed by atoms with Gasteiger partial charge in [0.05, 0.1) is 0 Å². The first-order valence-electron chi connectivity index (χ1n) is 11.3. The summed E-state index contributed by atoms with van der Waals surface area (Å²) in [7, 11) is 0. The minimum atomic E-state index is -0.931. The quantitative estimate of drug-likeness (QED) is 0.177. The van der Waals surface area contributed by atoms with Crippen molar-refractivity contribution < 1.29 is 39.6 Å². The van der Waals surface area contributed by atoms with Crippen molar-refractivity contribution in [1.82, 2.24) is 0 Å². The average molecular weight is 529 g/mol. The average Bonchev–Trinajstić information content (AvgIpc) is 2.76. The Labute approximate surface area is 213 Å². The maximum atomic E-state index is 10.2. The highest BCUT2D eigenvalue weighted by Crippen LogP contribution is 2.04. The highest BCUT2D eigenvalue weighted by atomic mass is 32.2. The van der Waals surface area contributed by atoms with Gasteiger partial charge in [0.15, 0.2) is 0 Å². The van der Waals surface area contributed by atoms with Gasteiger partial charge in [-0.15, -0.1) is 0 Å². The molecule has 0 fully saturated rings. The van der Waals surface area contributed by atoms with Gasteiger partial charge in [-0.2, -0.15) is 11.8 Å². The molecule has 12 N–H and O–H groups in total. The molecule has 0 aliphatic rings. The van der Waals surface area contributed by atoms with E-state index in [-0.39, 0.29) is 11.8 Å². The molecular formula is C22H48N4O8S. The topological polar surface area (TPSA) is 253 Å². The van der Waals surface area contributed by atoms with Crippen LogP contribution in [0.15, 0.2) is 0 Å². The van der Waals surface area contributed by atoms with Crippen LogP contribution in [-0.2, 0) is 19.2 Å². The third-order valence-corrected chi connectivity index (χ3v) is 5.18. The number of hydrogen-bond donors (Lipinski definition) is 8. The van der Waals surface area contributed by atoms with Crippen LogP contribution in [-0.4, -0.2) is 80.5 Å². The molecule has 13 heteroatoms. The van der Waals surface area contributed by atoms with Gasteiger partial charge in [-0.1, -0.05) is 48.0 Å². The van der Waals surface area contributed by atoms with Gasteiger partial charge in [-0.25, -0.2) is 0 Å². The molecule has 5 unspecified atom stereocenters. The number of nitrogens with two attached hydrogens (primary N) is 4. The van der Waals surface area contributed by atoms with E-state index in [0.29, 0.717) is 18.8 Å². The summed E-state index contributed by atoms with van der Waals surface area (Å²) in [5, 5.41) is 33.2. The molecule has 0 rings (SSSR count). The molecule has 0 aromatic rings. The maximum absolute atomic E-state index is 10.2. The Kier molecular flexibility index (Phi) is 27.4. The van der Waals surface area contributed by atoms with E-state index in [1.807, 2.05) is 34.0 Å². The molecular weight excluding hydrogens is 480 g/mol. The van der Waals surface area contributed by atoms with Crippen LogP contribution < -0.4 is 22.9 Å². The van der Waals surface area contributed by atoms with E-state index in [2.05, 4.69) is 0 Å². The van der Waals surface area contributed by atoms with E-state index in [1.165, 1.54) is 0 Å². The fourth-order valence-corrected chi connectivity index (χ4v) is 2.25. The van der Waals surface area contributed by atoms with Crippen LogP contribution in [0.1, 0.15) is 60.8 Å². The van der Waals surface area contributed by atoms with Crippen molar-refractivity contribution in [2.45, 2.75) is 85.0 Å². The van der Waals surface area contributed by atoms with Crippen LogP contribution >= 0.6 is 11.8 Å². The van der Waals surface area contributed by atoms with Crippen molar-refractivity contribution in [3.8, 4) is 0 Å². The molecule has 0 aliphatic heterocycles. The smallest absolute Gasteiger partial charge is 0.320 e. The van der Waals surface area contributed by atoms with Crippen molar-refractivity contribution >= 4 is 35.6 Å². The van der Waals surface area contributed by atoms with E-state index < -0.39 is 48.0 Å². The van der Waals surface area contributed by atoms with Crippen molar-refractivity contribution in [2.24, 2.45) is 40.7 Å². The fourth-order valence-electron chi connectivity index (χ4n) is 1.76. The van der Waals surface area contributed by atoms with Gasteiger partial charge in [0, 0.05) is 0 Å². The zero-order chi connectivity index (χ0) is 28.9. The zero-order valence-electron chi connectivity index (χ0n) is 22.0. The summed E-state index contributed by atoms with van der Waals surface area (Å²) >= 11 is 1.60. The van der Waals surface area contributed by atoms with Crippen molar-refractivity contribution in [1.29, 1.82) is 0 Å². The Balaban J connectivity index is -0.000000183. The summed E-state index contributed by atoms with van der Waals surface area (Å²) in [6.07, 6.45) is 3.84. The first-order valence-corrected chi connectivity index (χ1v) is 12.7. The van der Waals surface area contributed by atoms with Gasteiger partial charge in [-0.3, -0.25) is 19.2 Å². The molecule has 0 saturated carbocycles. The van der Waals surface area contributed by atoms with Gasteiger partial charge < -0.3 is 43.4 Å². The van der Waals surface area contributed by atoms with Crippen molar-refractivity contribution in [3.05, 3.63) is 0 Å². The number of rotatable bonds is 12. The predicted molar refractivity (Wildman–Crippen MR) is 139 cm³/mol. The monoisotopic (exact) mass is 528 g/mol. The van der Waals surface area contributed by atoms with Gasteiger partial charge in [0.25, 0.3) is 0 Å². The van der Waals surface area contributed by atoms with Gasteiger partial charge >= 0.3 is 23.9 Å². The zero-order valence-corrected chi connectivity index (χ0v) is 22.8. The van der Waals surface area contributed by atoms with Crippen molar-refractivity contribution in [3.63, 3.8) is 0 Å². The lowest BCUT2D eigenvalue weighted by Gasteiger charge is -2.11. The van der Waals surface area contributed by atoms with Crippen LogP contribution in [0.3, 0.4) is 0 Å². The van der Waals surface area contributed by atoms with Gasteiger partial charge in [-0.05, 0) is 42.6 Å². The van der Waals surface area contributed by atoms with E-state index >= 15 is 0 Å². The van der Waals surface area contributed by atoms with Crippen LogP contribution in [0.2, 0.25) is 0 Å². The first-order chi connectivity index (χ1) is 15.9. The molecule has 0 radical (unpaired) electrons. The molecule has 0 aromatic heterocycles. The Hall–Kier alpha value is -1.93. The number of hydrogen-bond acceptors (Lipinski definition) is 9. The van der Waals surface area contributed by atoms with Crippen LogP contribution in [0.25, 0.3) is 0 Å². The highest BCUT2D eigenvalue weighted by Gasteiger charge is 2.17. The Morgan fingerprint density at radius 2 is 1.11 bits per heavy atom.